The molecule has 0 radical (unpaired) electrons. The Morgan fingerprint density at radius 3 is 2.58 bits per heavy atom. The number of halogens is 1. The summed E-state index contributed by atoms with van der Waals surface area (Å²) in [6.07, 6.45) is 2.95. The molecule has 0 aromatic heterocycles. The summed E-state index contributed by atoms with van der Waals surface area (Å²) in [4.78, 5) is 15.4. The first-order chi connectivity index (χ1) is 11.6. The third-order valence-electron chi connectivity index (χ3n) is 4.52. The zero-order valence-electron chi connectivity index (χ0n) is 14.3. The first-order valence-corrected chi connectivity index (χ1v) is 8.65. The van der Waals surface area contributed by atoms with Crippen LogP contribution in [0.1, 0.15) is 26.2 Å². The number of rotatable bonds is 9. The standard InChI is InChI=1S/C18H27FN2O3/c1-2-21(14-18(22)23)16-8-11-20(12-9-16)10-3-13-24-17-6-4-15(19)5-7-17/h4-7,16H,2-3,8-14H2,1H3,(H,22,23). The van der Waals surface area contributed by atoms with Gasteiger partial charge in [-0.25, -0.2) is 4.39 Å². The summed E-state index contributed by atoms with van der Waals surface area (Å²) in [7, 11) is 0. The summed E-state index contributed by atoms with van der Waals surface area (Å²) < 4.78 is 18.4. The summed E-state index contributed by atoms with van der Waals surface area (Å²) in [6, 6.07) is 6.45. The summed E-state index contributed by atoms with van der Waals surface area (Å²) in [5.74, 6) is -0.311. The predicted octanol–water partition coefficient (Wildman–Crippen LogP) is 2.47. The molecule has 0 spiro atoms. The van der Waals surface area contributed by atoms with Gasteiger partial charge in [-0.3, -0.25) is 9.69 Å². The van der Waals surface area contributed by atoms with Crippen LogP contribution >= 0.6 is 0 Å². The Kier molecular flexibility index (Phi) is 7.46. The van der Waals surface area contributed by atoms with Crippen LogP contribution in [-0.4, -0.2) is 66.2 Å². The Hall–Kier alpha value is -1.66. The average molecular weight is 338 g/mol. The van der Waals surface area contributed by atoms with Crippen LogP contribution in [0.5, 0.6) is 5.75 Å². The van der Waals surface area contributed by atoms with E-state index in [0.29, 0.717) is 18.4 Å². The van der Waals surface area contributed by atoms with E-state index in [4.69, 9.17) is 9.84 Å². The van der Waals surface area contributed by atoms with Gasteiger partial charge in [-0.15, -0.1) is 0 Å². The van der Waals surface area contributed by atoms with Gasteiger partial charge in [0.05, 0.1) is 13.2 Å². The fraction of sp³-hybridized carbons (Fsp3) is 0.611. The van der Waals surface area contributed by atoms with E-state index in [-0.39, 0.29) is 12.4 Å². The van der Waals surface area contributed by atoms with Crippen molar-refractivity contribution in [1.29, 1.82) is 0 Å². The molecule has 24 heavy (non-hydrogen) atoms. The Morgan fingerprint density at radius 1 is 1.33 bits per heavy atom. The number of carboxylic acids is 1. The second kappa shape index (κ2) is 9.59. The normalized spacial score (nSPS) is 16.5. The van der Waals surface area contributed by atoms with Crippen molar-refractivity contribution in [2.45, 2.75) is 32.2 Å². The molecule has 1 aliphatic rings. The first-order valence-electron chi connectivity index (χ1n) is 8.65. The van der Waals surface area contributed by atoms with Crippen LogP contribution < -0.4 is 4.74 Å². The molecule has 0 bridgehead atoms. The van der Waals surface area contributed by atoms with Crippen molar-refractivity contribution in [3.8, 4) is 5.75 Å². The summed E-state index contributed by atoms with van der Waals surface area (Å²) in [6.45, 7) is 6.51. The lowest BCUT2D eigenvalue weighted by Gasteiger charge is -2.37. The van der Waals surface area contributed by atoms with Gasteiger partial charge < -0.3 is 14.7 Å². The average Bonchev–Trinajstić information content (AvgIpc) is 2.58. The van der Waals surface area contributed by atoms with Crippen LogP contribution in [0.3, 0.4) is 0 Å². The quantitative estimate of drug-likeness (QED) is 0.701. The highest BCUT2D eigenvalue weighted by atomic mass is 19.1. The summed E-state index contributed by atoms with van der Waals surface area (Å²) >= 11 is 0. The summed E-state index contributed by atoms with van der Waals surface area (Å²) in [5, 5.41) is 8.96. The molecule has 1 heterocycles. The number of aliphatic carboxylic acids is 1. The maximum atomic E-state index is 12.8. The molecule has 0 saturated carbocycles. The van der Waals surface area contributed by atoms with Gasteiger partial charge in [-0.05, 0) is 63.2 Å². The number of likely N-dealkylation sites (N-methyl/N-ethyl adjacent to an activating group) is 1. The monoisotopic (exact) mass is 338 g/mol. The van der Waals surface area contributed by atoms with Crippen molar-refractivity contribution >= 4 is 5.97 Å². The Balaban J connectivity index is 1.62. The van der Waals surface area contributed by atoms with Crippen LogP contribution in [0.15, 0.2) is 24.3 Å². The lowest BCUT2D eigenvalue weighted by Crippen LogP contribution is -2.46. The number of hydrogen-bond donors (Lipinski definition) is 1. The minimum Gasteiger partial charge on any atom is -0.494 e. The van der Waals surface area contributed by atoms with Crippen molar-refractivity contribution in [3.05, 3.63) is 30.1 Å². The smallest absolute Gasteiger partial charge is 0.317 e. The zero-order chi connectivity index (χ0) is 17.4. The Morgan fingerprint density at radius 2 is 2.00 bits per heavy atom. The lowest BCUT2D eigenvalue weighted by atomic mass is 10.0. The fourth-order valence-electron chi connectivity index (χ4n) is 3.19. The molecular weight excluding hydrogens is 311 g/mol. The maximum Gasteiger partial charge on any atom is 0.317 e. The van der Waals surface area contributed by atoms with E-state index in [1.807, 2.05) is 6.92 Å². The number of carboxylic acid groups (broad SMARTS) is 1. The van der Waals surface area contributed by atoms with Crippen LogP contribution in [-0.2, 0) is 4.79 Å². The van der Waals surface area contributed by atoms with Crippen molar-refractivity contribution in [2.24, 2.45) is 0 Å². The highest BCUT2D eigenvalue weighted by molar-refractivity contribution is 5.69. The molecule has 0 aliphatic carbocycles. The van der Waals surface area contributed by atoms with Gasteiger partial charge in [-0.1, -0.05) is 6.92 Å². The molecule has 134 valence electrons. The highest BCUT2D eigenvalue weighted by Crippen LogP contribution is 2.17. The molecule has 1 fully saturated rings. The minimum absolute atomic E-state index is 0.132. The van der Waals surface area contributed by atoms with Gasteiger partial charge in [0.25, 0.3) is 0 Å². The molecule has 2 rings (SSSR count). The maximum absolute atomic E-state index is 12.8. The number of ether oxygens (including phenoxy) is 1. The summed E-state index contributed by atoms with van der Waals surface area (Å²) in [5.41, 5.74) is 0. The SMILES string of the molecule is CCN(CC(=O)O)C1CCN(CCCOc2ccc(F)cc2)CC1. The molecule has 6 heteroatoms. The molecular formula is C18H27FN2O3. The van der Waals surface area contributed by atoms with Gasteiger partial charge in [0.2, 0.25) is 0 Å². The third kappa shape index (κ3) is 6.09. The number of carbonyl (C=O) groups is 1. The van der Waals surface area contributed by atoms with Crippen molar-refractivity contribution in [3.63, 3.8) is 0 Å². The highest BCUT2D eigenvalue weighted by Gasteiger charge is 2.24. The molecule has 0 unspecified atom stereocenters. The fourth-order valence-corrected chi connectivity index (χ4v) is 3.19. The molecule has 0 atom stereocenters. The van der Waals surface area contributed by atoms with Crippen LogP contribution in [0.4, 0.5) is 4.39 Å². The van der Waals surface area contributed by atoms with Crippen LogP contribution in [0, 0.1) is 5.82 Å². The van der Waals surface area contributed by atoms with Gasteiger partial charge in [-0.2, -0.15) is 0 Å². The lowest BCUT2D eigenvalue weighted by molar-refractivity contribution is -0.139. The Labute approximate surface area is 143 Å². The van der Waals surface area contributed by atoms with E-state index in [2.05, 4.69) is 9.80 Å². The second-order valence-corrected chi connectivity index (χ2v) is 6.19. The van der Waals surface area contributed by atoms with E-state index in [1.165, 1.54) is 12.1 Å². The first kappa shape index (κ1) is 18.7. The number of hydrogen-bond acceptors (Lipinski definition) is 4. The predicted molar refractivity (Wildman–Crippen MR) is 90.9 cm³/mol. The molecule has 5 nitrogen and oxygen atoms in total. The van der Waals surface area contributed by atoms with E-state index >= 15 is 0 Å². The van der Waals surface area contributed by atoms with Gasteiger partial charge >= 0.3 is 5.97 Å². The van der Waals surface area contributed by atoms with Crippen molar-refractivity contribution < 1.29 is 19.0 Å². The number of likely N-dealkylation sites (tertiary alicyclic amines) is 1. The molecule has 1 aliphatic heterocycles. The number of nitrogens with zero attached hydrogens (tertiary/aromatic N) is 2. The molecule has 1 saturated heterocycles. The van der Waals surface area contributed by atoms with E-state index in [1.54, 1.807) is 12.1 Å². The topological polar surface area (TPSA) is 53.0 Å². The van der Waals surface area contributed by atoms with Gasteiger partial charge in [0, 0.05) is 12.6 Å². The minimum atomic E-state index is -0.753. The molecule has 1 aromatic carbocycles. The van der Waals surface area contributed by atoms with Crippen LogP contribution in [0.2, 0.25) is 0 Å². The van der Waals surface area contributed by atoms with Gasteiger partial charge in [0.15, 0.2) is 0 Å². The van der Waals surface area contributed by atoms with E-state index < -0.39 is 5.97 Å². The number of benzene rings is 1. The molecule has 1 aromatic rings. The van der Waals surface area contributed by atoms with Crippen molar-refractivity contribution in [1.82, 2.24) is 9.80 Å². The third-order valence-corrected chi connectivity index (χ3v) is 4.52. The van der Waals surface area contributed by atoms with E-state index in [9.17, 15) is 9.18 Å². The van der Waals surface area contributed by atoms with Gasteiger partial charge in [0.1, 0.15) is 11.6 Å². The van der Waals surface area contributed by atoms with Crippen LogP contribution in [0.25, 0.3) is 0 Å². The number of piperidine rings is 1. The van der Waals surface area contributed by atoms with E-state index in [0.717, 1.165) is 45.4 Å². The van der Waals surface area contributed by atoms with Crippen molar-refractivity contribution in [2.75, 3.05) is 39.3 Å². The largest absolute Gasteiger partial charge is 0.494 e. The Bertz CT molecular complexity index is 501. The zero-order valence-corrected chi connectivity index (χ0v) is 14.3. The molecule has 1 N–H and O–H groups in total. The second-order valence-electron chi connectivity index (χ2n) is 6.19. The molecule has 0 amide bonds.